The summed E-state index contributed by atoms with van der Waals surface area (Å²) in [5.41, 5.74) is 0.565. The second kappa shape index (κ2) is 11.9. The van der Waals surface area contributed by atoms with Crippen molar-refractivity contribution >= 4 is 24.2 Å². The molecule has 2 amide bonds. The fraction of sp³-hybridized carbons (Fsp3) is 0.556. The van der Waals surface area contributed by atoms with Crippen molar-refractivity contribution < 1.29 is 9.59 Å². The molecule has 5 nitrogen and oxygen atoms in total. The molecule has 0 aliphatic heterocycles. The first kappa shape index (κ1) is 20.5. The molecule has 1 aromatic carbocycles. The third-order valence-electron chi connectivity index (χ3n) is 4.18. The van der Waals surface area contributed by atoms with Crippen LogP contribution in [0.5, 0.6) is 0 Å². The number of rotatable bonds is 7. The summed E-state index contributed by atoms with van der Waals surface area (Å²) in [4.78, 5) is 23.5. The molecule has 134 valence electrons. The van der Waals surface area contributed by atoms with E-state index in [1.165, 1.54) is 38.5 Å². The summed E-state index contributed by atoms with van der Waals surface area (Å²) in [7, 11) is 0. The molecule has 1 aliphatic rings. The predicted molar refractivity (Wildman–Crippen MR) is 98.5 cm³/mol. The van der Waals surface area contributed by atoms with E-state index in [0.29, 0.717) is 18.2 Å². The van der Waals surface area contributed by atoms with Crippen LogP contribution in [0.2, 0.25) is 0 Å². The van der Waals surface area contributed by atoms with Gasteiger partial charge in [0, 0.05) is 24.7 Å². The van der Waals surface area contributed by atoms with E-state index in [1.807, 2.05) is 6.07 Å². The third kappa shape index (κ3) is 7.79. The normalized spacial score (nSPS) is 15.0. The van der Waals surface area contributed by atoms with Gasteiger partial charge in [0.25, 0.3) is 5.91 Å². The summed E-state index contributed by atoms with van der Waals surface area (Å²) in [6, 6.07) is 9.49. The SMILES string of the molecule is Cl.O=C(CNC(=O)c1ccccc1)NCCNC1CCCCCC1. The monoisotopic (exact) mass is 353 g/mol. The van der Waals surface area contributed by atoms with Gasteiger partial charge in [-0.1, -0.05) is 43.9 Å². The predicted octanol–water partition coefficient (Wildman–Crippen LogP) is 2.27. The van der Waals surface area contributed by atoms with Gasteiger partial charge < -0.3 is 16.0 Å². The van der Waals surface area contributed by atoms with E-state index < -0.39 is 0 Å². The van der Waals surface area contributed by atoms with Gasteiger partial charge in [0.2, 0.25) is 5.91 Å². The summed E-state index contributed by atoms with van der Waals surface area (Å²) >= 11 is 0. The van der Waals surface area contributed by atoms with Crippen molar-refractivity contribution in [3.05, 3.63) is 35.9 Å². The molecule has 0 saturated heterocycles. The van der Waals surface area contributed by atoms with E-state index in [1.54, 1.807) is 24.3 Å². The maximum absolute atomic E-state index is 11.8. The highest BCUT2D eigenvalue weighted by Crippen LogP contribution is 2.16. The molecule has 24 heavy (non-hydrogen) atoms. The Bertz CT molecular complexity index is 488. The quantitative estimate of drug-likeness (QED) is 0.520. The van der Waals surface area contributed by atoms with E-state index in [-0.39, 0.29) is 30.8 Å². The molecule has 3 N–H and O–H groups in total. The minimum absolute atomic E-state index is 0. The lowest BCUT2D eigenvalue weighted by molar-refractivity contribution is -0.120. The molecule has 1 aliphatic carbocycles. The Balaban J connectivity index is 0.00000288. The van der Waals surface area contributed by atoms with Crippen LogP contribution in [0.1, 0.15) is 48.9 Å². The lowest BCUT2D eigenvalue weighted by Crippen LogP contribution is -2.41. The van der Waals surface area contributed by atoms with Crippen LogP contribution in [-0.2, 0) is 4.79 Å². The van der Waals surface area contributed by atoms with E-state index in [4.69, 9.17) is 0 Å². The van der Waals surface area contributed by atoms with Crippen LogP contribution < -0.4 is 16.0 Å². The van der Waals surface area contributed by atoms with Crippen LogP contribution in [0.3, 0.4) is 0 Å². The Kier molecular flexibility index (Phi) is 10.1. The van der Waals surface area contributed by atoms with Crippen LogP contribution in [0.15, 0.2) is 30.3 Å². The first-order valence-corrected chi connectivity index (χ1v) is 8.59. The number of hydrogen-bond donors (Lipinski definition) is 3. The number of halogens is 1. The number of nitrogens with one attached hydrogen (secondary N) is 3. The zero-order valence-corrected chi connectivity index (χ0v) is 14.9. The summed E-state index contributed by atoms with van der Waals surface area (Å²) in [5.74, 6) is -0.380. The van der Waals surface area contributed by atoms with Gasteiger partial charge in [0.15, 0.2) is 0 Å². The highest BCUT2D eigenvalue weighted by molar-refractivity contribution is 5.96. The maximum Gasteiger partial charge on any atom is 0.251 e. The van der Waals surface area contributed by atoms with Crippen molar-refractivity contribution in [3.8, 4) is 0 Å². The summed E-state index contributed by atoms with van der Waals surface area (Å²) in [6.45, 7) is 1.39. The number of carbonyl (C=O) groups is 2. The summed E-state index contributed by atoms with van der Waals surface area (Å²) in [6.07, 6.45) is 7.76. The molecule has 0 unspecified atom stereocenters. The molecule has 0 atom stereocenters. The Morgan fingerprint density at radius 3 is 2.25 bits per heavy atom. The molecule has 0 radical (unpaired) electrons. The van der Waals surface area contributed by atoms with Crippen LogP contribution in [0.25, 0.3) is 0 Å². The van der Waals surface area contributed by atoms with Crippen molar-refractivity contribution in [2.45, 2.75) is 44.6 Å². The van der Waals surface area contributed by atoms with Crippen molar-refractivity contribution in [2.75, 3.05) is 19.6 Å². The molecule has 1 saturated carbocycles. The van der Waals surface area contributed by atoms with Gasteiger partial charge in [-0.25, -0.2) is 0 Å². The van der Waals surface area contributed by atoms with E-state index >= 15 is 0 Å². The first-order valence-electron chi connectivity index (χ1n) is 8.59. The zero-order valence-electron chi connectivity index (χ0n) is 14.1. The second-order valence-corrected chi connectivity index (χ2v) is 6.04. The molecule has 0 heterocycles. The van der Waals surface area contributed by atoms with Crippen LogP contribution in [-0.4, -0.2) is 37.5 Å². The average molecular weight is 354 g/mol. The Morgan fingerprint density at radius 2 is 1.58 bits per heavy atom. The third-order valence-corrected chi connectivity index (χ3v) is 4.18. The maximum atomic E-state index is 11.8. The van der Waals surface area contributed by atoms with E-state index in [2.05, 4.69) is 16.0 Å². The van der Waals surface area contributed by atoms with Crippen LogP contribution >= 0.6 is 12.4 Å². The number of amides is 2. The first-order chi connectivity index (χ1) is 11.3. The highest BCUT2D eigenvalue weighted by Gasteiger charge is 2.11. The van der Waals surface area contributed by atoms with Gasteiger partial charge in [-0.15, -0.1) is 12.4 Å². The standard InChI is InChI=1S/C18H27N3O2.ClH/c22-17(14-21-18(23)15-8-4-3-5-9-15)20-13-12-19-16-10-6-1-2-7-11-16;/h3-5,8-9,16,19H,1-2,6-7,10-14H2,(H,20,22)(H,21,23);1H. The molecule has 0 aromatic heterocycles. The number of carbonyl (C=O) groups excluding carboxylic acids is 2. The Hall–Kier alpha value is -1.59. The van der Waals surface area contributed by atoms with Gasteiger partial charge in [-0.05, 0) is 25.0 Å². The van der Waals surface area contributed by atoms with Crippen molar-refractivity contribution in [1.29, 1.82) is 0 Å². The van der Waals surface area contributed by atoms with Crippen molar-refractivity contribution in [2.24, 2.45) is 0 Å². The number of hydrogen-bond acceptors (Lipinski definition) is 3. The second-order valence-electron chi connectivity index (χ2n) is 6.04. The van der Waals surface area contributed by atoms with E-state index in [0.717, 1.165) is 6.54 Å². The topological polar surface area (TPSA) is 70.2 Å². The molecule has 1 aromatic rings. The molecule has 6 heteroatoms. The van der Waals surface area contributed by atoms with Crippen molar-refractivity contribution in [1.82, 2.24) is 16.0 Å². The Morgan fingerprint density at radius 1 is 0.917 bits per heavy atom. The highest BCUT2D eigenvalue weighted by atomic mass is 35.5. The van der Waals surface area contributed by atoms with Gasteiger partial charge in [0.05, 0.1) is 6.54 Å². The lowest BCUT2D eigenvalue weighted by atomic mass is 10.1. The lowest BCUT2D eigenvalue weighted by Gasteiger charge is -2.16. The molecule has 1 fully saturated rings. The summed E-state index contributed by atoms with van der Waals surface area (Å²) < 4.78 is 0. The van der Waals surface area contributed by atoms with Gasteiger partial charge >= 0.3 is 0 Å². The zero-order chi connectivity index (χ0) is 16.3. The largest absolute Gasteiger partial charge is 0.353 e. The minimum atomic E-state index is -0.225. The van der Waals surface area contributed by atoms with Gasteiger partial charge in [0.1, 0.15) is 0 Å². The minimum Gasteiger partial charge on any atom is -0.353 e. The van der Waals surface area contributed by atoms with Crippen LogP contribution in [0, 0.1) is 0 Å². The Labute approximate surface area is 150 Å². The molecule has 0 bridgehead atoms. The van der Waals surface area contributed by atoms with E-state index in [9.17, 15) is 9.59 Å². The van der Waals surface area contributed by atoms with Crippen molar-refractivity contribution in [3.63, 3.8) is 0 Å². The average Bonchev–Trinajstić information content (AvgIpc) is 2.86. The van der Waals surface area contributed by atoms with Gasteiger partial charge in [-0.3, -0.25) is 9.59 Å². The summed E-state index contributed by atoms with van der Waals surface area (Å²) in [5, 5.41) is 8.96. The fourth-order valence-electron chi connectivity index (χ4n) is 2.88. The number of benzene rings is 1. The van der Waals surface area contributed by atoms with Gasteiger partial charge in [-0.2, -0.15) is 0 Å². The molecule has 0 spiro atoms. The smallest absolute Gasteiger partial charge is 0.251 e. The molecule has 2 rings (SSSR count). The molecular weight excluding hydrogens is 326 g/mol. The molecular formula is C18H28ClN3O2. The fourth-order valence-corrected chi connectivity index (χ4v) is 2.88. The van der Waals surface area contributed by atoms with Crippen LogP contribution in [0.4, 0.5) is 0 Å².